The largest absolute Gasteiger partial charge is 0.467 e. The number of hydrogen-bond acceptors (Lipinski definition) is 14. The van der Waals surface area contributed by atoms with Crippen molar-refractivity contribution in [1.82, 2.24) is 67.0 Å². The van der Waals surface area contributed by atoms with Crippen LogP contribution in [0, 0.1) is 17.8 Å². The Bertz CT molecular complexity index is 4520. The van der Waals surface area contributed by atoms with Crippen molar-refractivity contribution >= 4 is 59.3 Å². The first-order valence-corrected chi connectivity index (χ1v) is 38.9. The van der Waals surface area contributed by atoms with E-state index in [0.717, 1.165) is 40.5 Å². The fraction of sp³-hybridized carbons (Fsp3) is 0.356. The number of amides is 9. The van der Waals surface area contributed by atoms with Crippen molar-refractivity contribution in [2.75, 3.05) is 7.11 Å². The van der Waals surface area contributed by atoms with Crippen molar-refractivity contribution in [2.45, 2.75) is 173 Å². The molecular weight excluding hydrogens is 1460 g/mol. The summed E-state index contributed by atoms with van der Waals surface area (Å²) in [6.07, 6.45) is 4.95. The molecule has 2 aromatic heterocycles. The molecule has 0 saturated carbocycles. The van der Waals surface area contributed by atoms with Gasteiger partial charge in [0.25, 0.3) is 0 Å². The van der Waals surface area contributed by atoms with Gasteiger partial charge in [-0.15, -0.1) is 0 Å². The van der Waals surface area contributed by atoms with E-state index >= 15 is 19.2 Å². The van der Waals surface area contributed by atoms with Crippen LogP contribution in [-0.4, -0.2) is 139 Å². The lowest BCUT2D eigenvalue weighted by Gasteiger charge is -2.37. The summed E-state index contributed by atoms with van der Waals surface area (Å²) in [5.41, 5.74) is 3.12. The molecular formula is C90H107N13O12. The maximum atomic E-state index is 15.9. The third-order valence-corrected chi connectivity index (χ3v) is 20.3. The third-order valence-electron chi connectivity index (χ3n) is 20.3. The van der Waals surface area contributed by atoms with E-state index in [1.807, 2.05) is 193 Å². The summed E-state index contributed by atoms with van der Waals surface area (Å²) in [7, 11) is 2.90. The van der Waals surface area contributed by atoms with E-state index in [2.05, 4.69) is 52.8 Å². The maximum Gasteiger partial charge on any atom is 0.408 e. The molecule has 0 saturated heterocycles. The first-order valence-electron chi connectivity index (χ1n) is 38.9. The van der Waals surface area contributed by atoms with Crippen LogP contribution in [0.4, 0.5) is 4.79 Å². The first kappa shape index (κ1) is 86.4. The van der Waals surface area contributed by atoms with Gasteiger partial charge in [0, 0.05) is 50.8 Å². The van der Waals surface area contributed by atoms with Crippen molar-refractivity contribution in [3.63, 3.8) is 0 Å². The van der Waals surface area contributed by atoms with Gasteiger partial charge in [0.05, 0.1) is 25.5 Å². The highest BCUT2D eigenvalue weighted by molar-refractivity contribution is 5.98. The highest BCUT2D eigenvalue weighted by Gasteiger charge is 2.43. The summed E-state index contributed by atoms with van der Waals surface area (Å²) >= 11 is 0. The maximum absolute atomic E-state index is 15.9. The predicted octanol–water partition coefficient (Wildman–Crippen LogP) is 9.21. The topological polar surface area (TPSA) is 333 Å². The summed E-state index contributed by atoms with van der Waals surface area (Å²) in [4.78, 5) is 156. The number of benzene rings is 7. The van der Waals surface area contributed by atoms with Gasteiger partial charge >= 0.3 is 12.1 Å². The predicted molar refractivity (Wildman–Crippen MR) is 438 cm³/mol. The van der Waals surface area contributed by atoms with Crippen molar-refractivity contribution < 1.29 is 57.4 Å². The van der Waals surface area contributed by atoms with Crippen molar-refractivity contribution in [2.24, 2.45) is 24.8 Å². The van der Waals surface area contributed by atoms with E-state index in [9.17, 15) is 28.8 Å². The smallest absolute Gasteiger partial charge is 0.408 e. The second kappa shape index (κ2) is 40.3. The molecule has 25 nitrogen and oxygen atoms in total. The third kappa shape index (κ3) is 22.4. The summed E-state index contributed by atoms with van der Waals surface area (Å²) in [5, 5.41) is 25.9. The Kier molecular flexibility index (Phi) is 30.3. The molecule has 0 spiro atoms. The molecule has 0 aliphatic heterocycles. The molecule has 115 heavy (non-hydrogen) atoms. The van der Waals surface area contributed by atoms with Gasteiger partial charge in [-0.2, -0.15) is 0 Å². The lowest BCUT2D eigenvalue weighted by Crippen LogP contribution is -2.62. The molecule has 25 heteroatoms. The quantitative estimate of drug-likeness (QED) is 0.0129. The van der Waals surface area contributed by atoms with E-state index in [0.29, 0.717) is 23.4 Å². The number of aromatic nitrogens is 4. The van der Waals surface area contributed by atoms with Crippen molar-refractivity contribution in [3.05, 3.63) is 288 Å². The van der Waals surface area contributed by atoms with E-state index in [1.165, 1.54) is 6.92 Å². The monoisotopic (exact) mass is 1560 g/mol. The van der Waals surface area contributed by atoms with Gasteiger partial charge < -0.3 is 66.5 Å². The van der Waals surface area contributed by atoms with Crippen LogP contribution in [0.3, 0.4) is 0 Å². The van der Waals surface area contributed by atoms with E-state index in [1.54, 1.807) is 122 Å². The van der Waals surface area contributed by atoms with Crippen LogP contribution in [0.15, 0.2) is 237 Å². The fourth-order valence-electron chi connectivity index (χ4n) is 14.0. The zero-order valence-corrected chi connectivity index (χ0v) is 67.3. The molecule has 9 aromatic rings. The number of nitrogens with zero attached hydrogens (tertiary/aromatic N) is 4. The number of nitrogens with one attached hydrogen (secondary N) is 9. The highest BCUT2D eigenvalue weighted by Crippen LogP contribution is 2.41. The number of hydrogen-bond donors (Lipinski definition) is 9. The molecule has 604 valence electrons. The molecule has 2 heterocycles. The summed E-state index contributed by atoms with van der Waals surface area (Å²) in [6.45, 7) is 16.8. The van der Waals surface area contributed by atoms with Gasteiger partial charge in [0.1, 0.15) is 65.0 Å². The van der Waals surface area contributed by atoms with Crippen LogP contribution in [0.2, 0.25) is 0 Å². The fourth-order valence-corrected chi connectivity index (χ4v) is 14.0. The minimum Gasteiger partial charge on any atom is -0.467 e. The number of rotatable bonds is 37. The van der Waals surface area contributed by atoms with Gasteiger partial charge in [0.15, 0.2) is 0 Å². The molecule has 9 atom stereocenters. The molecule has 0 fully saturated rings. The van der Waals surface area contributed by atoms with Crippen LogP contribution >= 0.6 is 0 Å². The van der Waals surface area contributed by atoms with Crippen LogP contribution in [0.1, 0.15) is 139 Å². The van der Waals surface area contributed by atoms with E-state index < -0.39 is 142 Å². The average molecular weight is 1560 g/mol. The Labute approximate surface area is 672 Å². The van der Waals surface area contributed by atoms with E-state index in [4.69, 9.17) is 14.5 Å². The molecule has 0 aliphatic carbocycles. The van der Waals surface area contributed by atoms with Crippen molar-refractivity contribution in [3.8, 4) is 0 Å². The Morgan fingerprint density at radius 3 is 1.27 bits per heavy atom. The standard InChI is InChI=1S/C90H107N13O12/c1-13-60(6)78(100-82(108)74(53-70-54-91-56-102(70)11)97-87(113)115-88(8,9)10)85(111)99-77(59(4)5)84(110)96-73(52-69-55-103(57-92-69)90(66-43-29-18-30-44-66,67-45-31-19-32-46-67)68-47-33-20-34-48-68)80(106)95-72(51-62-35-21-14-22-36-62)81(107)98-76(58(2)3)83(109)94-71(79(105)93-61(7)86(112)114-12)49-50-75(104)101-89(63-37-23-15-24-38-63,64-39-25-16-26-40-64)65-41-27-17-28-42-65/h14-48,54-61,71-74,76-78H,13,49-53H2,1-12H3,(H,93,105)(H,94,109)(H,95,106)(H,96,110)(H,97,113)(H,98,107)(H,99,111)(H,100,108)(H,101,104)/t60-,61-,71-,72+,73-,74-,76+,77+,78-/m0/s1. The molecule has 0 aliphatic rings. The van der Waals surface area contributed by atoms with Gasteiger partial charge in [-0.1, -0.05) is 260 Å². The highest BCUT2D eigenvalue weighted by atomic mass is 16.6. The Hall–Kier alpha value is -12.5. The molecule has 9 rings (SSSR count). The first-order chi connectivity index (χ1) is 55.1. The number of aryl methyl sites for hydroxylation is 1. The average Bonchev–Trinajstić information content (AvgIpc) is 1.64. The molecule has 0 radical (unpaired) electrons. The van der Waals surface area contributed by atoms with Crippen LogP contribution in [0.5, 0.6) is 0 Å². The number of esters is 1. The number of methoxy groups -OCH3 is 1. The molecule has 0 unspecified atom stereocenters. The van der Waals surface area contributed by atoms with Crippen molar-refractivity contribution in [1.29, 1.82) is 0 Å². The van der Waals surface area contributed by atoms with E-state index in [-0.39, 0.29) is 32.1 Å². The van der Waals surface area contributed by atoms with Gasteiger partial charge in [-0.25, -0.2) is 19.6 Å². The number of carbonyl (C=O) groups excluding carboxylic acids is 10. The number of carbonyl (C=O) groups is 10. The minimum absolute atomic E-state index is 0.0324. The number of imidazole rings is 2. The zero-order valence-electron chi connectivity index (χ0n) is 67.3. The van der Waals surface area contributed by atoms with Crippen LogP contribution in [0.25, 0.3) is 0 Å². The molecule has 7 aromatic carbocycles. The molecule has 0 bridgehead atoms. The Balaban J connectivity index is 1.04. The zero-order chi connectivity index (χ0) is 83.0. The van der Waals surface area contributed by atoms with Crippen LogP contribution in [-0.2, 0) is 90.0 Å². The Morgan fingerprint density at radius 1 is 0.443 bits per heavy atom. The number of alkyl carbamates (subject to hydrolysis) is 1. The number of ether oxygens (including phenoxy) is 2. The normalized spacial score (nSPS) is 14.0. The summed E-state index contributed by atoms with van der Waals surface area (Å²) in [6, 6.07) is 55.6. The molecule has 9 amide bonds. The lowest BCUT2D eigenvalue weighted by molar-refractivity contribution is -0.145. The van der Waals surface area contributed by atoms with Gasteiger partial charge in [0.2, 0.25) is 47.3 Å². The lowest BCUT2D eigenvalue weighted by atomic mass is 9.77. The minimum atomic E-state index is -1.57. The second-order valence-electron chi connectivity index (χ2n) is 30.6. The summed E-state index contributed by atoms with van der Waals surface area (Å²) < 4.78 is 14.1. The Morgan fingerprint density at radius 2 is 0.835 bits per heavy atom. The van der Waals surface area contributed by atoms with Gasteiger partial charge in [-0.05, 0) is 90.8 Å². The second-order valence-corrected chi connectivity index (χ2v) is 30.6. The van der Waals surface area contributed by atoms with Crippen LogP contribution < -0.4 is 47.9 Å². The van der Waals surface area contributed by atoms with Gasteiger partial charge in [-0.3, -0.25) is 38.4 Å². The molecule has 9 N–H and O–H groups in total. The summed E-state index contributed by atoms with van der Waals surface area (Å²) in [5.74, 6) is -8.83. The SMILES string of the molecule is CC[C@H](C)[C@H](NC(=O)[C@H](Cc1cncn1C)NC(=O)OC(C)(C)C)C(=O)N[C@@H](C(=O)N[C@@H](Cc1cn(C(c2ccccc2)(c2ccccc2)c2ccccc2)cn1)C(=O)N[C@H](Cc1ccccc1)C(=O)N[C@@H](C(=O)N[C@@H](CCC(=O)NC(c1ccccc1)(c1ccccc1)c1ccccc1)C(=O)N[C@@H](C)C(=O)OC)C(C)C)C(C)C.